The summed E-state index contributed by atoms with van der Waals surface area (Å²) >= 11 is 5.92. The van der Waals surface area contributed by atoms with Crippen molar-refractivity contribution >= 4 is 41.0 Å². The predicted octanol–water partition coefficient (Wildman–Crippen LogP) is 2.83. The van der Waals surface area contributed by atoms with Gasteiger partial charge in [-0.05, 0) is 42.5 Å². The Balaban J connectivity index is 1.66. The molecule has 3 heterocycles. The molecule has 140 valence electrons. The molecule has 0 aromatic heterocycles. The summed E-state index contributed by atoms with van der Waals surface area (Å²) in [5.41, 5.74) is 1.65. The van der Waals surface area contributed by atoms with Gasteiger partial charge in [0.25, 0.3) is 0 Å². The van der Waals surface area contributed by atoms with Crippen LogP contribution in [0, 0.1) is 17.7 Å². The third kappa shape index (κ3) is 2.34. The molecular weight excluding hydrogens is 383 g/mol. The number of fused-ring (bicyclic) bond motifs is 5. The van der Waals surface area contributed by atoms with E-state index in [9.17, 15) is 18.8 Å². The maximum atomic E-state index is 13.7. The highest BCUT2D eigenvalue weighted by atomic mass is 35.5. The Morgan fingerprint density at radius 3 is 2.50 bits per heavy atom. The third-order valence-electron chi connectivity index (χ3n) is 5.71. The smallest absolute Gasteiger partial charge is 0.233 e. The lowest BCUT2D eigenvalue weighted by Gasteiger charge is -2.35. The molecule has 3 aliphatic rings. The number of imide groups is 1. The molecular formula is C21H14ClFN2O3. The van der Waals surface area contributed by atoms with Gasteiger partial charge in [-0.2, -0.15) is 0 Å². The molecule has 2 fully saturated rings. The van der Waals surface area contributed by atoms with E-state index in [1.807, 2.05) is 0 Å². The Bertz CT molecular complexity index is 1070. The van der Waals surface area contributed by atoms with Crippen LogP contribution < -0.4 is 10.2 Å². The molecule has 0 aliphatic carbocycles. The molecule has 7 heteroatoms. The van der Waals surface area contributed by atoms with E-state index < -0.39 is 35.6 Å². The van der Waals surface area contributed by atoms with Crippen LogP contribution in [0.2, 0.25) is 5.02 Å². The van der Waals surface area contributed by atoms with Crippen molar-refractivity contribution in [3.05, 3.63) is 70.5 Å². The van der Waals surface area contributed by atoms with E-state index >= 15 is 0 Å². The van der Waals surface area contributed by atoms with E-state index in [0.29, 0.717) is 21.8 Å². The second-order valence-electron chi connectivity index (χ2n) is 7.18. The number of nitrogens with one attached hydrogen (secondary N) is 1. The average molecular weight is 397 g/mol. The summed E-state index contributed by atoms with van der Waals surface area (Å²) < 4.78 is 13.7. The van der Waals surface area contributed by atoms with Gasteiger partial charge in [-0.25, -0.2) is 4.39 Å². The van der Waals surface area contributed by atoms with E-state index in [1.165, 1.54) is 12.1 Å². The van der Waals surface area contributed by atoms with E-state index in [-0.39, 0.29) is 11.7 Å². The number of hydrogen-bond acceptors (Lipinski definition) is 4. The van der Waals surface area contributed by atoms with Crippen molar-refractivity contribution in [2.24, 2.45) is 11.8 Å². The monoisotopic (exact) mass is 396 g/mol. The summed E-state index contributed by atoms with van der Waals surface area (Å²) in [6.07, 6.45) is 3.51. The molecule has 0 bridgehead atoms. The van der Waals surface area contributed by atoms with E-state index in [1.54, 1.807) is 47.4 Å². The number of ketones is 1. The lowest BCUT2D eigenvalue weighted by molar-refractivity contribution is -0.126. The quantitative estimate of drug-likeness (QED) is 0.626. The Kier molecular flexibility index (Phi) is 3.67. The number of benzene rings is 2. The Morgan fingerprint density at radius 1 is 1.04 bits per heavy atom. The number of carbonyl (C=O) groups is 3. The minimum absolute atomic E-state index is 0.274. The topological polar surface area (TPSA) is 66.5 Å². The van der Waals surface area contributed by atoms with Gasteiger partial charge >= 0.3 is 0 Å². The summed E-state index contributed by atoms with van der Waals surface area (Å²) in [5.74, 6) is -2.97. The number of Topliss-reactive ketones (excluding diaryl/α,β-unsaturated/α-hetero) is 1. The molecule has 0 radical (unpaired) electrons. The Hall–Kier alpha value is -2.99. The van der Waals surface area contributed by atoms with Crippen LogP contribution in [0.5, 0.6) is 0 Å². The van der Waals surface area contributed by atoms with Crippen molar-refractivity contribution < 1.29 is 18.8 Å². The first kappa shape index (κ1) is 17.1. The standard InChI is InChI=1S/C21H14ClFN2O3/c22-12-4-1-10(2-5-12)19(26)18-17-16(20(27)24-21(17)28)15-7-3-11-9-13(23)6-8-14(11)25(15)18/h1-9,15-18H,(H,24,27,28)/t15-,16-,17+,18+/m0/s1. The Labute approximate surface area is 164 Å². The van der Waals surface area contributed by atoms with Gasteiger partial charge in [0, 0.05) is 21.8 Å². The zero-order valence-electron chi connectivity index (χ0n) is 14.4. The third-order valence-corrected chi connectivity index (χ3v) is 5.96. The zero-order valence-corrected chi connectivity index (χ0v) is 15.2. The number of halogens is 2. The number of nitrogens with zero attached hydrogens (tertiary/aromatic N) is 1. The van der Waals surface area contributed by atoms with Gasteiger partial charge in [-0.15, -0.1) is 0 Å². The number of amides is 2. The summed E-state index contributed by atoms with van der Waals surface area (Å²) in [5, 5.41) is 2.85. The van der Waals surface area contributed by atoms with Gasteiger partial charge in [0.05, 0.1) is 17.9 Å². The lowest BCUT2D eigenvalue weighted by atomic mass is 9.86. The predicted molar refractivity (Wildman–Crippen MR) is 101 cm³/mol. The van der Waals surface area contributed by atoms with E-state index in [4.69, 9.17) is 11.6 Å². The van der Waals surface area contributed by atoms with Gasteiger partial charge in [0.2, 0.25) is 11.8 Å². The van der Waals surface area contributed by atoms with Crippen molar-refractivity contribution in [3.8, 4) is 0 Å². The lowest BCUT2D eigenvalue weighted by Crippen LogP contribution is -2.47. The van der Waals surface area contributed by atoms with Crippen LogP contribution in [0.4, 0.5) is 10.1 Å². The van der Waals surface area contributed by atoms with Gasteiger partial charge in [0.15, 0.2) is 5.78 Å². The van der Waals surface area contributed by atoms with Crippen molar-refractivity contribution in [3.63, 3.8) is 0 Å². The fraction of sp³-hybridized carbons (Fsp3) is 0.190. The zero-order chi connectivity index (χ0) is 19.6. The van der Waals surface area contributed by atoms with Crippen molar-refractivity contribution in [2.75, 3.05) is 4.90 Å². The fourth-order valence-corrected chi connectivity index (χ4v) is 4.67. The normalized spacial score (nSPS) is 27.3. The summed E-state index contributed by atoms with van der Waals surface area (Å²) in [6.45, 7) is 0. The number of hydrogen-bond donors (Lipinski definition) is 1. The van der Waals surface area contributed by atoms with Gasteiger partial charge < -0.3 is 4.90 Å². The van der Waals surface area contributed by atoms with E-state index in [0.717, 1.165) is 0 Å². The molecule has 28 heavy (non-hydrogen) atoms. The number of rotatable bonds is 2. The minimum Gasteiger partial charge on any atom is -0.352 e. The van der Waals surface area contributed by atoms with Gasteiger partial charge in [-0.3, -0.25) is 19.7 Å². The first-order valence-electron chi connectivity index (χ1n) is 8.86. The van der Waals surface area contributed by atoms with Crippen LogP contribution in [-0.2, 0) is 9.59 Å². The number of carbonyl (C=O) groups excluding carboxylic acids is 3. The molecule has 2 amide bonds. The van der Waals surface area contributed by atoms with Gasteiger partial charge in [0.1, 0.15) is 11.9 Å². The van der Waals surface area contributed by atoms with Crippen LogP contribution in [0.15, 0.2) is 48.5 Å². The molecule has 4 atom stereocenters. The van der Waals surface area contributed by atoms with Crippen LogP contribution in [0.1, 0.15) is 15.9 Å². The number of anilines is 1. The van der Waals surface area contributed by atoms with Crippen LogP contribution in [0.3, 0.4) is 0 Å². The highest BCUT2D eigenvalue weighted by Gasteiger charge is 2.61. The van der Waals surface area contributed by atoms with Crippen LogP contribution >= 0.6 is 11.6 Å². The second kappa shape index (κ2) is 6.01. The molecule has 5 nitrogen and oxygen atoms in total. The van der Waals surface area contributed by atoms with Crippen LogP contribution in [-0.4, -0.2) is 29.7 Å². The SMILES string of the molecule is O=C1NC(=O)[C@@H]2[C@@H]1[C@@H]1C=Cc3cc(F)ccc3N1[C@H]2C(=O)c1ccc(Cl)cc1. The molecule has 1 N–H and O–H groups in total. The average Bonchev–Trinajstić information content (AvgIpc) is 3.17. The Morgan fingerprint density at radius 2 is 1.75 bits per heavy atom. The van der Waals surface area contributed by atoms with Crippen LogP contribution in [0.25, 0.3) is 6.08 Å². The maximum absolute atomic E-state index is 13.7. The maximum Gasteiger partial charge on any atom is 0.233 e. The molecule has 2 aromatic rings. The first-order valence-corrected chi connectivity index (χ1v) is 9.24. The van der Waals surface area contributed by atoms with Crippen molar-refractivity contribution in [2.45, 2.75) is 12.1 Å². The molecule has 0 unspecified atom stereocenters. The summed E-state index contributed by atoms with van der Waals surface area (Å²) in [7, 11) is 0. The highest BCUT2D eigenvalue weighted by molar-refractivity contribution is 6.30. The molecule has 3 aliphatic heterocycles. The summed E-state index contributed by atoms with van der Waals surface area (Å²) in [6, 6.07) is 9.40. The summed E-state index contributed by atoms with van der Waals surface area (Å²) in [4.78, 5) is 40.2. The van der Waals surface area contributed by atoms with Gasteiger partial charge in [-0.1, -0.05) is 23.8 Å². The molecule has 2 aromatic carbocycles. The second-order valence-corrected chi connectivity index (χ2v) is 7.62. The van der Waals surface area contributed by atoms with Crippen molar-refractivity contribution in [1.82, 2.24) is 5.32 Å². The molecule has 0 spiro atoms. The first-order chi connectivity index (χ1) is 13.5. The van der Waals surface area contributed by atoms with Crippen molar-refractivity contribution in [1.29, 1.82) is 0 Å². The molecule has 5 rings (SSSR count). The highest BCUT2D eigenvalue weighted by Crippen LogP contribution is 2.47. The molecule has 0 saturated carbocycles. The fourth-order valence-electron chi connectivity index (χ4n) is 4.55. The minimum atomic E-state index is -0.864. The van der Waals surface area contributed by atoms with E-state index in [2.05, 4.69) is 5.32 Å². The molecule has 2 saturated heterocycles. The largest absolute Gasteiger partial charge is 0.352 e.